The van der Waals surface area contributed by atoms with Gasteiger partial charge < -0.3 is 13.8 Å². The zero-order valence-corrected chi connectivity index (χ0v) is 25.6. The Morgan fingerprint density at radius 3 is 1.36 bits per heavy atom. The first kappa shape index (κ1) is 32.9. The molecule has 0 bridgehead atoms. The minimum Gasteiger partial charge on any atom is -0.450 e. The minimum atomic E-state index is -1.75. The summed E-state index contributed by atoms with van der Waals surface area (Å²) in [5, 5.41) is 2.73. The van der Waals surface area contributed by atoms with Gasteiger partial charge in [0.25, 0.3) is 0 Å². The molecule has 1 N–H and O–H groups in total. The molecule has 0 fully saturated rings. The molecule has 0 aliphatic carbocycles. The number of amides is 1. The molecule has 0 spiro atoms. The van der Waals surface area contributed by atoms with Gasteiger partial charge in [0.05, 0.1) is 6.61 Å². The number of carbonyl (C=O) groups excluding carboxylic acids is 1. The summed E-state index contributed by atoms with van der Waals surface area (Å²) in [5.74, 6) is 1.33. The minimum absolute atomic E-state index is 0.287. The lowest BCUT2D eigenvalue weighted by molar-refractivity contribution is 0.157. The summed E-state index contributed by atoms with van der Waals surface area (Å²) in [6.45, 7) is 6.57. The van der Waals surface area contributed by atoms with Crippen LogP contribution >= 0.6 is 8.53 Å². The lowest BCUT2D eigenvalue weighted by Gasteiger charge is -2.19. The summed E-state index contributed by atoms with van der Waals surface area (Å²) < 4.78 is 17.2. The number of ether oxygens (including phenoxy) is 1. The van der Waals surface area contributed by atoms with Crippen molar-refractivity contribution < 1.29 is 18.6 Å². The molecular weight excluding hydrogens is 505 g/mol. The number of nitrogens with one attached hydrogen (secondary N) is 1. The fourth-order valence-electron chi connectivity index (χ4n) is 4.50. The second-order valence-electron chi connectivity index (χ2n) is 10.3. The highest BCUT2D eigenvalue weighted by Crippen LogP contribution is 2.37. The van der Waals surface area contributed by atoms with Crippen molar-refractivity contribution in [3.8, 4) is 11.5 Å². The predicted molar refractivity (Wildman–Crippen MR) is 165 cm³/mol. The van der Waals surface area contributed by atoms with Gasteiger partial charge in [-0.05, 0) is 68.0 Å². The summed E-state index contributed by atoms with van der Waals surface area (Å²) in [7, 11) is -1.75. The standard InChI is InChI=1S/C33H52NO4P/c1-4-7-9-11-13-15-17-19-29-21-25-31(26-22-29)37-39(34-33(35)36-6-3)38-32-27-23-30(24-28-32)20-18-16-14-12-10-8-5-2/h21-28H,4-20H2,1-3H3,(H,34,35). The Hall–Kier alpha value is -2.26. The molecule has 0 unspecified atom stereocenters. The van der Waals surface area contributed by atoms with E-state index in [-0.39, 0.29) is 6.61 Å². The van der Waals surface area contributed by atoms with E-state index in [0.717, 1.165) is 12.8 Å². The topological polar surface area (TPSA) is 56.8 Å². The van der Waals surface area contributed by atoms with Crippen molar-refractivity contribution in [3.05, 3.63) is 59.7 Å². The third kappa shape index (κ3) is 15.8. The zero-order valence-electron chi connectivity index (χ0n) is 24.7. The third-order valence-corrected chi connectivity index (χ3v) is 7.94. The fraction of sp³-hybridized carbons (Fsp3) is 0.606. The van der Waals surface area contributed by atoms with Crippen molar-refractivity contribution >= 4 is 14.6 Å². The number of hydrogen-bond acceptors (Lipinski definition) is 4. The highest BCUT2D eigenvalue weighted by atomic mass is 31.2. The SMILES string of the molecule is CCCCCCCCCc1ccc(OP(NC(=O)OCC)Oc2ccc(CCCCCCCCC)cc2)cc1. The van der Waals surface area contributed by atoms with E-state index in [1.807, 2.05) is 24.3 Å². The van der Waals surface area contributed by atoms with Crippen molar-refractivity contribution in [1.82, 2.24) is 5.09 Å². The number of unbranched alkanes of at least 4 members (excludes halogenated alkanes) is 12. The van der Waals surface area contributed by atoms with Gasteiger partial charge in [-0.3, -0.25) is 0 Å². The van der Waals surface area contributed by atoms with E-state index in [0.29, 0.717) is 11.5 Å². The Morgan fingerprint density at radius 1 is 0.590 bits per heavy atom. The van der Waals surface area contributed by atoms with Gasteiger partial charge in [0.15, 0.2) is 0 Å². The maximum atomic E-state index is 12.1. The average Bonchev–Trinajstić information content (AvgIpc) is 2.94. The van der Waals surface area contributed by atoms with Crippen LogP contribution in [-0.2, 0) is 17.6 Å². The summed E-state index contributed by atoms with van der Waals surface area (Å²) in [6.07, 6.45) is 19.9. The Bertz CT molecular complexity index is 809. The van der Waals surface area contributed by atoms with Gasteiger partial charge in [-0.25, -0.2) is 9.88 Å². The van der Waals surface area contributed by atoms with Crippen LogP contribution in [0.3, 0.4) is 0 Å². The van der Waals surface area contributed by atoms with E-state index in [1.54, 1.807) is 6.92 Å². The number of rotatable bonds is 22. The Kier molecular flexibility index (Phi) is 18.2. The van der Waals surface area contributed by atoms with E-state index in [9.17, 15) is 4.79 Å². The molecule has 0 heterocycles. The molecule has 2 aromatic carbocycles. The largest absolute Gasteiger partial charge is 0.450 e. The van der Waals surface area contributed by atoms with Gasteiger partial charge >= 0.3 is 14.6 Å². The third-order valence-electron chi connectivity index (χ3n) is 6.82. The normalized spacial score (nSPS) is 11.0. The number of hydrogen-bond donors (Lipinski definition) is 1. The monoisotopic (exact) mass is 557 g/mol. The molecule has 5 nitrogen and oxygen atoms in total. The van der Waals surface area contributed by atoms with Crippen LogP contribution in [0.4, 0.5) is 4.79 Å². The van der Waals surface area contributed by atoms with Crippen molar-refractivity contribution in [2.24, 2.45) is 0 Å². The summed E-state index contributed by atoms with van der Waals surface area (Å²) in [5.41, 5.74) is 2.60. The molecular formula is C33H52NO4P. The molecule has 0 saturated carbocycles. The molecule has 0 aliphatic rings. The van der Waals surface area contributed by atoms with Crippen LogP contribution in [0, 0.1) is 0 Å². The van der Waals surface area contributed by atoms with Gasteiger partial charge in [0.2, 0.25) is 0 Å². The molecule has 0 saturated heterocycles. The predicted octanol–water partition coefficient (Wildman–Crippen LogP) is 10.7. The maximum Gasteiger partial charge on any atom is 0.419 e. The Labute approximate surface area is 239 Å². The van der Waals surface area contributed by atoms with Crippen LogP contribution in [0.2, 0.25) is 0 Å². The highest BCUT2D eigenvalue weighted by molar-refractivity contribution is 7.46. The molecule has 0 aromatic heterocycles. The molecule has 6 heteroatoms. The van der Waals surface area contributed by atoms with Crippen molar-refractivity contribution in [1.29, 1.82) is 0 Å². The molecule has 218 valence electrons. The van der Waals surface area contributed by atoms with E-state index < -0.39 is 14.6 Å². The van der Waals surface area contributed by atoms with Gasteiger partial charge in [0, 0.05) is 0 Å². The maximum absolute atomic E-state index is 12.1. The highest BCUT2D eigenvalue weighted by Gasteiger charge is 2.20. The van der Waals surface area contributed by atoms with Gasteiger partial charge in [0.1, 0.15) is 11.5 Å². The Balaban J connectivity index is 1.82. The van der Waals surface area contributed by atoms with Crippen LogP contribution in [0.25, 0.3) is 0 Å². The van der Waals surface area contributed by atoms with Crippen LogP contribution in [0.5, 0.6) is 11.5 Å². The first-order valence-corrected chi connectivity index (χ1v) is 16.6. The smallest absolute Gasteiger partial charge is 0.419 e. The second-order valence-corrected chi connectivity index (χ2v) is 11.4. The summed E-state index contributed by atoms with van der Waals surface area (Å²) in [4.78, 5) is 12.1. The summed E-state index contributed by atoms with van der Waals surface area (Å²) in [6, 6.07) is 16.2. The molecule has 39 heavy (non-hydrogen) atoms. The first-order valence-electron chi connectivity index (χ1n) is 15.4. The Morgan fingerprint density at radius 2 is 0.974 bits per heavy atom. The first-order chi connectivity index (χ1) is 19.1. The molecule has 1 amide bonds. The van der Waals surface area contributed by atoms with E-state index >= 15 is 0 Å². The van der Waals surface area contributed by atoms with Gasteiger partial charge in [-0.2, -0.15) is 0 Å². The fourth-order valence-corrected chi connectivity index (χ4v) is 5.47. The zero-order chi connectivity index (χ0) is 28.0. The van der Waals surface area contributed by atoms with Crippen molar-refractivity contribution in [3.63, 3.8) is 0 Å². The lowest BCUT2D eigenvalue weighted by atomic mass is 10.0. The molecule has 2 rings (SSSR count). The van der Waals surface area contributed by atoms with E-state index in [2.05, 4.69) is 43.2 Å². The lowest BCUT2D eigenvalue weighted by Crippen LogP contribution is -2.23. The molecule has 0 radical (unpaired) electrons. The van der Waals surface area contributed by atoms with Crippen molar-refractivity contribution in [2.45, 2.75) is 124 Å². The van der Waals surface area contributed by atoms with Crippen LogP contribution < -0.4 is 14.1 Å². The second kappa shape index (κ2) is 21.5. The molecule has 0 aliphatic heterocycles. The van der Waals surface area contributed by atoms with Crippen LogP contribution in [-0.4, -0.2) is 12.7 Å². The van der Waals surface area contributed by atoms with Crippen LogP contribution in [0.1, 0.15) is 122 Å². The van der Waals surface area contributed by atoms with E-state index in [1.165, 1.54) is 101 Å². The molecule has 2 aromatic rings. The number of benzene rings is 2. The van der Waals surface area contributed by atoms with Gasteiger partial charge in [-0.1, -0.05) is 115 Å². The average molecular weight is 558 g/mol. The quantitative estimate of drug-likeness (QED) is 0.116. The van der Waals surface area contributed by atoms with Crippen LogP contribution in [0.15, 0.2) is 48.5 Å². The summed E-state index contributed by atoms with van der Waals surface area (Å²) >= 11 is 0. The van der Waals surface area contributed by atoms with Crippen molar-refractivity contribution in [2.75, 3.05) is 6.61 Å². The van der Waals surface area contributed by atoms with Gasteiger partial charge in [-0.15, -0.1) is 0 Å². The number of aryl methyl sites for hydroxylation is 2. The number of carbonyl (C=O) groups is 1. The molecule has 0 atom stereocenters. The van der Waals surface area contributed by atoms with E-state index in [4.69, 9.17) is 13.8 Å².